The van der Waals surface area contributed by atoms with Crippen molar-refractivity contribution in [3.8, 4) is 55.6 Å². The molecule has 0 fully saturated rings. The Morgan fingerprint density at radius 2 is 0.655 bits per heavy atom. The van der Waals surface area contributed by atoms with Crippen LogP contribution in [-0.2, 0) is 0 Å². The summed E-state index contributed by atoms with van der Waals surface area (Å²) in [6.07, 6.45) is 0. The summed E-state index contributed by atoms with van der Waals surface area (Å²) >= 11 is 0. The zero-order chi connectivity index (χ0) is 36.3. The number of para-hydroxylation sites is 1. The molecule has 1 heterocycles. The highest BCUT2D eigenvalue weighted by atomic mass is 16.3. The van der Waals surface area contributed by atoms with Crippen molar-refractivity contribution in [1.82, 2.24) is 0 Å². The lowest BCUT2D eigenvalue weighted by Gasteiger charge is -2.20. The SMILES string of the molecule is c1ccc(-c2ccc(-c3c4ccccc4c(-c4ccc(-c5ccccc5-c5ccc6oc7ccccc7c6c5)cc4)c4ccccc34)c3ccccc23)cc1. The maximum Gasteiger partial charge on any atom is 0.135 e. The molecule has 0 aliphatic heterocycles. The van der Waals surface area contributed by atoms with Gasteiger partial charge in [0.2, 0.25) is 0 Å². The first-order chi connectivity index (χ1) is 27.3. The number of fused-ring (bicyclic) bond motifs is 6. The van der Waals surface area contributed by atoms with Crippen LogP contribution < -0.4 is 0 Å². The first-order valence-electron chi connectivity index (χ1n) is 18.9. The van der Waals surface area contributed by atoms with Crippen LogP contribution in [0.25, 0.3) is 110 Å². The number of benzene rings is 10. The zero-order valence-corrected chi connectivity index (χ0v) is 30.0. The number of hydrogen-bond donors (Lipinski definition) is 0. The van der Waals surface area contributed by atoms with Crippen molar-refractivity contribution < 1.29 is 4.42 Å². The van der Waals surface area contributed by atoms with Gasteiger partial charge in [-0.05, 0) is 106 Å². The average molecular weight is 699 g/mol. The van der Waals surface area contributed by atoms with Gasteiger partial charge in [0.15, 0.2) is 0 Å². The molecule has 10 aromatic carbocycles. The van der Waals surface area contributed by atoms with E-state index in [1.807, 2.05) is 12.1 Å². The van der Waals surface area contributed by atoms with E-state index in [1.165, 1.54) is 88.0 Å². The van der Waals surface area contributed by atoms with Gasteiger partial charge in [-0.3, -0.25) is 0 Å². The molecule has 0 amide bonds. The van der Waals surface area contributed by atoms with Gasteiger partial charge in [0.05, 0.1) is 0 Å². The molecule has 11 aromatic rings. The van der Waals surface area contributed by atoms with Gasteiger partial charge in [0.25, 0.3) is 0 Å². The lowest BCUT2D eigenvalue weighted by molar-refractivity contribution is 0.669. The van der Waals surface area contributed by atoms with Crippen LogP contribution >= 0.6 is 0 Å². The molecular weight excluding hydrogens is 665 g/mol. The first kappa shape index (κ1) is 31.3. The normalized spacial score (nSPS) is 11.6. The fraction of sp³-hybridized carbons (Fsp3) is 0. The topological polar surface area (TPSA) is 13.1 Å². The molecule has 0 unspecified atom stereocenters. The Morgan fingerprint density at radius 3 is 1.33 bits per heavy atom. The van der Waals surface area contributed by atoms with Crippen LogP contribution in [-0.4, -0.2) is 0 Å². The average Bonchev–Trinajstić information content (AvgIpc) is 3.64. The molecule has 1 aromatic heterocycles. The molecule has 1 heteroatoms. The highest BCUT2D eigenvalue weighted by Crippen LogP contribution is 2.47. The second-order valence-electron chi connectivity index (χ2n) is 14.3. The van der Waals surface area contributed by atoms with Crippen molar-refractivity contribution in [2.45, 2.75) is 0 Å². The van der Waals surface area contributed by atoms with Crippen molar-refractivity contribution in [3.63, 3.8) is 0 Å². The standard InChI is InChI=1S/C54H34O/c1-2-14-35(15-3-1)41-31-32-49(43-19-7-6-18-42(41)43)54-47-23-10-8-21-45(47)53(46-22-9-11-24-48(46)54)37-28-26-36(27-29-37)39-16-4-5-17-40(39)38-30-33-52-50(34-38)44-20-12-13-25-51(44)55-52/h1-34H. The third-order valence-corrected chi connectivity index (χ3v) is 11.3. The highest BCUT2D eigenvalue weighted by molar-refractivity contribution is 6.24. The first-order valence-corrected chi connectivity index (χ1v) is 18.9. The van der Waals surface area contributed by atoms with Gasteiger partial charge in [0.1, 0.15) is 11.2 Å². The summed E-state index contributed by atoms with van der Waals surface area (Å²) in [5, 5.41) is 9.82. The minimum absolute atomic E-state index is 0.912. The quantitative estimate of drug-likeness (QED) is 0.163. The third-order valence-electron chi connectivity index (χ3n) is 11.3. The molecule has 0 saturated heterocycles. The maximum absolute atomic E-state index is 6.15. The molecule has 0 saturated carbocycles. The van der Waals surface area contributed by atoms with E-state index in [2.05, 4.69) is 194 Å². The second-order valence-corrected chi connectivity index (χ2v) is 14.3. The largest absolute Gasteiger partial charge is 0.456 e. The van der Waals surface area contributed by atoms with Gasteiger partial charge in [-0.2, -0.15) is 0 Å². The highest BCUT2D eigenvalue weighted by Gasteiger charge is 2.19. The van der Waals surface area contributed by atoms with Gasteiger partial charge in [0, 0.05) is 10.8 Å². The van der Waals surface area contributed by atoms with Crippen molar-refractivity contribution in [2.75, 3.05) is 0 Å². The summed E-state index contributed by atoms with van der Waals surface area (Å²) in [6, 6.07) is 74.8. The Labute approximate surface area is 319 Å². The molecule has 0 bridgehead atoms. The van der Waals surface area contributed by atoms with Gasteiger partial charge in [-0.1, -0.05) is 188 Å². The number of furan rings is 1. The fourth-order valence-corrected chi connectivity index (χ4v) is 8.81. The molecule has 0 spiro atoms. The Bertz CT molecular complexity index is 3180. The van der Waals surface area contributed by atoms with E-state index in [0.29, 0.717) is 0 Å². The number of hydrogen-bond acceptors (Lipinski definition) is 1. The van der Waals surface area contributed by atoms with Crippen LogP contribution in [0.5, 0.6) is 0 Å². The summed E-state index contributed by atoms with van der Waals surface area (Å²) in [5.74, 6) is 0. The van der Waals surface area contributed by atoms with Gasteiger partial charge in [-0.15, -0.1) is 0 Å². The third kappa shape index (κ3) is 5.09. The van der Waals surface area contributed by atoms with E-state index < -0.39 is 0 Å². The van der Waals surface area contributed by atoms with Crippen LogP contribution in [0.2, 0.25) is 0 Å². The van der Waals surface area contributed by atoms with Gasteiger partial charge in [-0.25, -0.2) is 0 Å². The Hall–Kier alpha value is -7.22. The molecule has 11 rings (SSSR count). The molecule has 1 nitrogen and oxygen atoms in total. The Balaban J connectivity index is 1.06. The van der Waals surface area contributed by atoms with E-state index in [4.69, 9.17) is 4.42 Å². The maximum atomic E-state index is 6.15. The predicted octanol–water partition coefficient (Wildman–Crippen LogP) is 15.4. The monoisotopic (exact) mass is 698 g/mol. The predicted molar refractivity (Wildman–Crippen MR) is 233 cm³/mol. The molecule has 0 atom stereocenters. The summed E-state index contributed by atoms with van der Waals surface area (Å²) in [5.41, 5.74) is 14.1. The number of rotatable bonds is 5. The van der Waals surface area contributed by atoms with Crippen molar-refractivity contribution in [2.24, 2.45) is 0 Å². The summed E-state index contributed by atoms with van der Waals surface area (Å²) < 4.78 is 6.15. The van der Waals surface area contributed by atoms with E-state index in [0.717, 1.165) is 21.9 Å². The van der Waals surface area contributed by atoms with E-state index in [9.17, 15) is 0 Å². The summed E-state index contributed by atoms with van der Waals surface area (Å²) in [6.45, 7) is 0. The van der Waals surface area contributed by atoms with Crippen LogP contribution in [0.3, 0.4) is 0 Å². The molecule has 256 valence electrons. The van der Waals surface area contributed by atoms with Gasteiger partial charge >= 0.3 is 0 Å². The van der Waals surface area contributed by atoms with E-state index in [-0.39, 0.29) is 0 Å². The minimum atomic E-state index is 0.912. The van der Waals surface area contributed by atoms with Crippen LogP contribution in [0, 0.1) is 0 Å². The van der Waals surface area contributed by atoms with Crippen LogP contribution in [0.1, 0.15) is 0 Å². The summed E-state index contributed by atoms with van der Waals surface area (Å²) in [7, 11) is 0. The van der Waals surface area contributed by atoms with E-state index in [1.54, 1.807) is 0 Å². The van der Waals surface area contributed by atoms with Crippen molar-refractivity contribution in [1.29, 1.82) is 0 Å². The molecule has 55 heavy (non-hydrogen) atoms. The van der Waals surface area contributed by atoms with E-state index >= 15 is 0 Å². The minimum Gasteiger partial charge on any atom is -0.456 e. The summed E-state index contributed by atoms with van der Waals surface area (Å²) in [4.78, 5) is 0. The Morgan fingerprint density at radius 1 is 0.218 bits per heavy atom. The molecule has 0 aliphatic carbocycles. The molecular formula is C54H34O. The Kier molecular flexibility index (Phi) is 7.25. The second kappa shape index (κ2) is 12.7. The molecule has 0 N–H and O–H groups in total. The van der Waals surface area contributed by atoms with Crippen LogP contribution in [0.15, 0.2) is 211 Å². The van der Waals surface area contributed by atoms with Crippen molar-refractivity contribution in [3.05, 3.63) is 206 Å². The lowest BCUT2D eigenvalue weighted by atomic mass is 9.83. The lowest BCUT2D eigenvalue weighted by Crippen LogP contribution is -1.92. The van der Waals surface area contributed by atoms with Crippen LogP contribution in [0.4, 0.5) is 0 Å². The fourth-order valence-electron chi connectivity index (χ4n) is 8.81. The van der Waals surface area contributed by atoms with Crippen molar-refractivity contribution >= 4 is 54.3 Å². The van der Waals surface area contributed by atoms with Gasteiger partial charge < -0.3 is 4.42 Å². The molecule has 0 radical (unpaired) electrons. The zero-order valence-electron chi connectivity index (χ0n) is 30.0. The smallest absolute Gasteiger partial charge is 0.135 e. The molecule has 0 aliphatic rings.